The monoisotopic (exact) mass is 145 g/mol. The molecule has 1 atom stereocenters. The highest BCUT2D eigenvalue weighted by Crippen LogP contribution is 1.92. The van der Waals surface area contributed by atoms with Crippen LogP contribution in [0.5, 0.6) is 0 Å². The van der Waals surface area contributed by atoms with Crippen LogP contribution in [0.2, 0.25) is 0 Å². The van der Waals surface area contributed by atoms with Gasteiger partial charge in [0.2, 0.25) is 5.91 Å². The Morgan fingerprint density at radius 2 is 2.30 bits per heavy atom. The van der Waals surface area contributed by atoms with Gasteiger partial charge in [0.1, 0.15) is 0 Å². The molecule has 0 radical (unpaired) electrons. The maximum absolute atomic E-state index is 10.4. The van der Waals surface area contributed by atoms with E-state index < -0.39 is 0 Å². The van der Waals surface area contributed by atoms with Gasteiger partial charge in [0.15, 0.2) is 0 Å². The number of methoxy groups -OCH3 is 1. The van der Waals surface area contributed by atoms with E-state index in [2.05, 4.69) is 5.32 Å². The molecule has 3 heteroatoms. The van der Waals surface area contributed by atoms with Gasteiger partial charge in [-0.2, -0.15) is 0 Å². The van der Waals surface area contributed by atoms with Crippen molar-refractivity contribution in [1.82, 2.24) is 5.32 Å². The Hall–Kier alpha value is -0.570. The Balaban J connectivity index is 3.34. The van der Waals surface area contributed by atoms with Crippen molar-refractivity contribution in [1.29, 1.82) is 0 Å². The summed E-state index contributed by atoms with van der Waals surface area (Å²) in [7, 11) is 1.65. The number of hydrogen-bond donors (Lipinski definition) is 1. The molecular weight excluding hydrogens is 130 g/mol. The number of nitrogens with one attached hydrogen (secondary N) is 1. The first kappa shape index (κ1) is 9.43. The summed E-state index contributed by atoms with van der Waals surface area (Å²) in [6, 6.07) is 0. The molecular formula is C7H15NO2. The fourth-order valence-corrected chi connectivity index (χ4v) is 0.652. The van der Waals surface area contributed by atoms with Crippen LogP contribution >= 0.6 is 0 Å². The third-order valence-electron chi connectivity index (χ3n) is 1.37. The first-order valence-electron chi connectivity index (χ1n) is 3.48. The van der Waals surface area contributed by atoms with Crippen LogP contribution in [-0.2, 0) is 9.53 Å². The van der Waals surface area contributed by atoms with Crippen LogP contribution in [-0.4, -0.2) is 25.7 Å². The van der Waals surface area contributed by atoms with Crippen LogP contribution in [0.15, 0.2) is 0 Å². The van der Waals surface area contributed by atoms with Crippen LogP contribution in [0.4, 0.5) is 0 Å². The number of hydrogen-bond acceptors (Lipinski definition) is 2. The van der Waals surface area contributed by atoms with Crippen molar-refractivity contribution in [3.05, 3.63) is 0 Å². The Morgan fingerprint density at radius 3 is 2.60 bits per heavy atom. The first-order valence-corrected chi connectivity index (χ1v) is 3.48. The number of carbonyl (C=O) groups excluding carboxylic acids is 1. The summed E-state index contributed by atoms with van der Waals surface area (Å²) in [5.41, 5.74) is 0. The molecule has 0 saturated carbocycles. The van der Waals surface area contributed by atoms with Crippen molar-refractivity contribution in [2.75, 3.05) is 13.7 Å². The number of ether oxygens (including phenoxy) is 1. The Kier molecular flexibility index (Phi) is 4.94. The fourth-order valence-electron chi connectivity index (χ4n) is 0.652. The van der Waals surface area contributed by atoms with Gasteiger partial charge in [-0.1, -0.05) is 6.92 Å². The summed E-state index contributed by atoms with van der Waals surface area (Å²) < 4.78 is 5.04. The van der Waals surface area contributed by atoms with Gasteiger partial charge in [-0.05, 0) is 6.42 Å². The van der Waals surface area contributed by atoms with Crippen LogP contribution in [0, 0.1) is 0 Å². The summed E-state index contributed by atoms with van der Waals surface area (Å²) in [5.74, 6) is -0.00417. The molecule has 0 unspecified atom stereocenters. The van der Waals surface area contributed by atoms with Gasteiger partial charge in [0.25, 0.3) is 0 Å². The van der Waals surface area contributed by atoms with Gasteiger partial charge < -0.3 is 10.1 Å². The fraction of sp³-hybridized carbons (Fsp3) is 0.857. The Labute approximate surface area is 61.8 Å². The van der Waals surface area contributed by atoms with Gasteiger partial charge in [0, 0.05) is 20.6 Å². The molecule has 1 N–H and O–H groups in total. The average molecular weight is 145 g/mol. The summed E-state index contributed by atoms with van der Waals surface area (Å²) in [5, 5.41) is 2.68. The lowest BCUT2D eigenvalue weighted by molar-refractivity contribution is -0.119. The van der Waals surface area contributed by atoms with Crippen molar-refractivity contribution in [3.8, 4) is 0 Å². The highest BCUT2D eigenvalue weighted by atomic mass is 16.5. The molecule has 0 aromatic rings. The van der Waals surface area contributed by atoms with Gasteiger partial charge >= 0.3 is 0 Å². The van der Waals surface area contributed by atoms with E-state index in [9.17, 15) is 4.79 Å². The van der Waals surface area contributed by atoms with E-state index in [1.807, 2.05) is 6.92 Å². The standard InChI is InChI=1S/C7H15NO2/c1-4-7(10-3)5-8-6(2)9/h7H,4-5H2,1-3H3,(H,8,9)/t7-/m0/s1. The van der Waals surface area contributed by atoms with Crippen molar-refractivity contribution in [3.63, 3.8) is 0 Å². The number of rotatable bonds is 4. The van der Waals surface area contributed by atoms with Crippen molar-refractivity contribution in [2.45, 2.75) is 26.4 Å². The van der Waals surface area contributed by atoms with Gasteiger partial charge in [0.05, 0.1) is 6.10 Å². The van der Waals surface area contributed by atoms with Crippen molar-refractivity contribution >= 4 is 5.91 Å². The second kappa shape index (κ2) is 5.23. The molecule has 0 aromatic carbocycles. The summed E-state index contributed by atoms with van der Waals surface area (Å²) >= 11 is 0. The zero-order chi connectivity index (χ0) is 7.98. The molecule has 0 aliphatic rings. The molecule has 10 heavy (non-hydrogen) atoms. The van der Waals surface area contributed by atoms with Crippen LogP contribution in [0.25, 0.3) is 0 Å². The lowest BCUT2D eigenvalue weighted by atomic mass is 10.3. The van der Waals surface area contributed by atoms with Gasteiger partial charge in [-0.15, -0.1) is 0 Å². The highest BCUT2D eigenvalue weighted by Gasteiger charge is 2.02. The molecule has 3 nitrogen and oxygen atoms in total. The summed E-state index contributed by atoms with van der Waals surface area (Å²) in [4.78, 5) is 10.4. The largest absolute Gasteiger partial charge is 0.380 e. The predicted octanol–water partition coefficient (Wildman–Crippen LogP) is 0.548. The van der Waals surface area contributed by atoms with E-state index >= 15 is 0 Å². The zero-order valence-electron chi connectivity index (χ0n) is 6.81. The number of amides is 1. The second-order valence-corrected chi connectivity index (χ2v) is 2.20. The molecule has 0 saturated heterocycles. The van der Waals surface area contributed by atoms with Gasteiger partial charge in [-0.25, -0.2) is 0 Å². The molecule has 0 aliphatic carbocycles. The lowest BCUT2D eigenvalue weighted by Crippen LogP contribution is -2.30. The minimum atomic E-state index is -0.00417. The molecule has 0 aromatic heterocycles. The van der Waals surface area contributed by atoms with Crippen LogP contribution < -0.4 is 5.32 Å². The zero-order valence-corrected chi connectivity index (χ0v) is 6.81. The quantitative estimate of drug-likeness (QED) is 0.627. The average Bonchev–Trinajstić information content (AvgIpc) is 1.90. The first-order chi connectivity index (χ1) is 4.70. The number of carbonyl (C=O) groups is 1. The van der Waals surface area contributed by atoms with Crippen LogP contribution in [0.3, 0.4) is 0 Å². The van der Waals surface area contributed by atoms with Gasteiger partial charge in [-0.3, -0.25) is 4.79 Å². The van der Waals surface area contributed by atoms with E-state index in [-0.39, 0.29) is 12.0 Å². The normalized spacial score (nSPS) is 12.7. The minimum absolute atomic E-state index is 0.00417. The molecule has 0 spiro atoms. The molecule has 0 fully saturated rings. The maximum atomic E-state index is 10.4. The third-order valence-corrected chi connectivity index (χ3v) is 1.37. The van der Waals surface area contributed by atoms with E-state index in [4.69, 9.17) is 4.74 Å². The molecule has 0 bridgehead atoms. The second-order valence-electron chi connectivity index (χ2n) is 2.20. The predicted molar refractivity (Wildman–Crippen MR) is 39.8 cm³/mol. The van der Waals surface area contributed by atoms with Crippen molar-refractivity contribution in [2.24, 2.45) is 0 Å². The van der Waals surface area contributed by atoms with Crippen molar-refractivity contribution < 1.29 is 9.53 Å². The Bertz CT molecular complexity index is 99.8. The summed E-state index contributed by atoms with van der Waals surface area (Å²) in [6.07, 6.45) is 1.08. The third kappa shape index (κ3) is 4.32. The lowest BCUT2D eigenvalue weighted by Gasteiger charge is -2.12. The molecule has 0 rings (SSSR count). The molecule has 0 aliphatic heterocycles. The SMILES string of the molecule is CC[C@@H](CNC(C)=O)OC. The molecule has 0 heterocycles. The van der Waals surface area contributed by atoms with E-state index in [1.54, 1.807) is 7.11 Å². The van der Waals surface area contributed by atoms with Crippen LogP contribution in [0.1, 0.15) is 20.3 Å². The topological polar surface area (TPSA) is 38.3 Å². The van der Waals surface area contributed by atoms with E-state index in [0.29, 0.717) is 6.54 Å². The molecule has 1 amide bonds. The smallest absolute Gasteiger partial charge is 0.216 e. The highest BCUT2D eigenvalue weighted by molar-refractivity contribution is 5.72. The van der Waals surface area contributed by atoms with E-state index in [0.717, 1.165) is 6.42 Å². The maximum Gasteiger partial charge on any atom is 0.216 e. The summed E-state index contributed by atoms with van der Waals surface area (Å²) in [6.45, 7) is 4.14. The molecule has 60 valence electrons. The van der Waals surface area contributed by atoms with E-state index in [1.165, 1.54) is 6.92 Å². The minimum Gasteiger partial charge on any atom is -0.380 e. The Morgan fingerprint density at radius 1 is 1.70 bits per heavy atom.